The van der Waals surface area contributed by atoms with Gasteiger partial charge in [0.2, 0.25) is 0 Å². The molecule has 0 aromatic heterocycles. The lowest BCUT2D eigenvalue weighted by molar-refractivity contribution is -0.0585. The van der Waals surface area contributed by atoms with Crippen molar-refractivity contribution in [2.45, 2.75) is 43.9 Å². The molecule has 32 heavy (non-hydrogen) atoms. The Morgan fingerprint density at radius 2 is 1.84 bits per heavy atom. The number of benzene rings is 2. The Kier molecular flexibility index (Phi) is 7.11. The second-order valence-corrected chi connectivity index (χ2v) is 8.60. The van der Waals surface area contributed by atoms with E-state index in [2.05, 4.69) is 34.2 Å². The number of aliphatic hydroxyl groups excluding tert-OH is 2. The first kappa shape index (κ1) is 22.3. The van der Waals surface area contributed by atoms with Gasteiger partial charge in [0, 0.05) is 42.3 Å². The highest BCUT2D eigenvalue weighted by atomic mass is 16.3. The number of aliphatic hydroxyl groups is 2. The Balaban J connectivity index is 1.51. The zero-order valence-electron chi connectivity index (χ0n) is 18.4. The number of carbonyl (C=O) groups excluding carboxylic acids is 1. The molecule has 0 unspecified atom stereocenters. The minimum absolute atomic E-state index is 0.0616. The molecular formula is C26H31N3O3. The number of nitrogens with zero attached hydrogens (tertiary/aromatic N) is 2. The van der Waals surface area contributed by atoms with Gasteiger partial charge in [0.1, 0.15) is 6.10 Å². The first-order valence-corrected chi connectivity index (χ1v) is 11.3. The molecule has 2 heterocycles. The Labute approximate surface area is 189 Å². The third-order valence-corrected chi connectivity index (χ3v) is 6.40. The fourth-order valence-electron chi connectivity index (χ4n) is 4.83. The van der Waals surface area contributed by atoms with Gasteiger partial charge in [0.05, 0.1) is 6.61 Å². The molecule has 2 fully saturated rings. The second-order valence-electron chi connectivity index (χ2n) is 8.60. The first-order chi connectivity index (χ1) is 15.6. The van der Waals surface area contributed by atoms with Gasteiger partial charge >= 0.3 is 6.03 Å². The SMILES string of the molecule is C[C@@H](O)C#Cc1ccc([C@@H]2[C@@H](CO)N3CCCCN(C(=O)Nc4ccccc4)C[C@@H]23)cc1. The molecule has 0 bridgehead atoms. The summed E-state index contributed by atoms with van der Waals surface area (Å²) in [5.74, 6) is 5.89. The van der Waals surface area contributed by atoms with Gasteiger partial charge in [-0.3, -0.25) is 4.90 Å². The highest BCUT2D eigenvalue weighted by molar-refractivity contribution is 5.89. The maximum absolute atomic E-state index is 13.0. The van der Waals surface area contributed by atoms with Crippen molar-refractivity contribution in [1.29, 1.82) is 0 Å². The monoisotopic (exact) mass is 433 g/mol. The van der Waals surface area contributed by atoms with E-state index in [4.69, 9.17) is 0 Å². The number of para-hydroxylation sites is 1. The molecule has 2 amide bonds. The molecular weight excluding hydrogens is 402 g/mol. The Hall–Kier alpha value is -2.85. The minimum atomic E-state index is -0.656. The summed E-state index contributed by atoms with van der Waals surface area (Å²) in [6.45, 7) is 4.04. The zero-order chi connectivity index (χ0) is 22.5. The average molecular weight is 434 g/mol. The van der Waals surface area contributed by atoms with Crippen molar-refractivity contribution >= 4 is 11.7 Å². The largest absolute Gasteiger partial charge is 0.395 e. The lowest BCUT2D eigenvalue weighted by Crippen LogP contribution is -2.68. The van der Waals surface area contributed by atoms with Crippen molar-refractivity contribution in [2.75, 3.05) is 31.6 Å². The number of hydrogen-bond acceptors (Lipinski definition) is 4. The number of rotatable bonds is 3. The van der Waals surface area contributed by atoms with Crippen molar-refractivity contribution in [1.82, 2.24) is 9.80 Å². The molecule has 2 aromatic rings. The number of urea groups is 1. The molecule has 0 radical (unpaired) electrons. The van der Waals surface area contributed by atoms with Crippen molar-refractivity contribution in [3.63, 3.8) is 0 Å². The van der Waals surface area contributed by atoms with Gasteiger partial charge < -0.3 is 20.4 Å². The summed E-state index contributed by atoms with van der Waals surface area (Å²) >= 11 is 0. The molecule has 2 saturated heterocycles. The number of hydrogen-bond donors (Lipinski definition) is 3. The quantitative estimate of drug-likeness (QED) is 0.651. The van der Waals surface area contributed by atoms with Crippen molar-refractivity contribution in [3.05, 3.63) is 65.7 Å². The van der Waals surface area contributed by atoms with Gasteiger partial charge in [0.25, 0.3) is 0 Å². The topological polar surface area (TPSA) is 76.0 Å². The molecule has 0 aliphatic carbocycles. The van der Waals surface area contributed by atoms with Gasteiger partial charge in [-0.15, -0.1) is 0 Å². The van der Waals surface area contributed by atoms with E-state index in [1.165, 1.54) is 0 Å². The standard InChI is InChI=1S/C26H31N3O3/c1-19(31)9-10-20-11-13-21(14-12-20)25-23-17-28(15-5-6-16-29(23)24(25)18-30)26(32)27-22-7-3-2-4-8-22/h2-4,7-8,11-14,19,23-25,30-31H,5-6,15-18H2,1H3,(H,27,32)/t19-,23+,24-,25+/m1/s1. The Morgan fingerprint density at radius 1 is 1.12 bits per heavy atom. The summed E-state index contributed by atoms with van der Waals surface area (Å²) < 4.78 is 0. The maximum Gasteiger partial charge on any atom is 0.321 e. The van der Waals surface area contributed by atoms with E-state index in [1.807, 2.05) is 47.4 Å². The number of anilines is 1. The molecule has 2 aromatic carbocycles. The van der Waals surface area contributed by atoms with Crippen LogP contribution in [0.1, 0.15) is 36.8 Å². The summed E-state index contributed by atoms with van der Waals surface area (Å²) in [5, 5.41) is 22.5. The highest BCUT2D eigenvalue weighted by Crippen LogP contribution is 2.42. The summed E-state index contributed by atoms with van der Waals surface area (Å²) in [5.41, 5.74) is 2.80. The van der Waals surface area contributed by atoms with Gasteiger partial charge in [-0.2, -0.15) is 0 Å². The molecule has 6 heteroatoms. The smallest absolute Gasteiger partial charge is 0.321 e. The minimum Gasteiger partial charge on any atom is -0.395 e. The predicted octanol–water partition coefficient (Wildman–Crippen LogP) is 2.88. The van der Waals surface area contributed by atoms with Gasteiger partial charge in [0.15, 0.2) is 0 Å². The van der Waals surface area contributed by atoms with Crippen LogP contribution >= 0.6 is 0 Å². The molecule has 2 aliphatic heterocycles. The van der Waals surface area contributed by atoms with Gasteiger partial charge in [-0.05, 0) is 56.1 Å². The maximum atomic E-state index is 13.0. The van der Waals surface area contributed by atoms with Gasteiger partial charge in [-0.1, -0.05) is 42.2 Å². The lowest BCUT2D eigenvalue weighted by atomic mass is 9.74. The van der Waals surface area contributed by atoms with E-state index in [-0.39, 0.29) is 30.6 Å². The Bertz CT molecular complexity index is 965. The van der Waals surface area contributed by atoms with Crippen molar-refractivity contribution in [2.24, 2.45) is 0 Å². The molecule has 0 spiro atoms. The Morgan fingerprint density at radius 3 is 2.53 bits per heavy atom. The van der Waals surface area contributed by atoms with E-state index in [0.717, 1.165) is 42.7 Å². The molecule has 4 atom stereocenters. The number of fused-ring (bicyclic) bond motifs is 1. The summed E-state index contributed by atoms with van der Waals surface area (Å²) in [6.07, 6.45) is 1.30. The highest BCUT2D eigenvalue weighted by Gasteiger charge is 2.49. The normalized spacial score (nSPS) is 24.1. The van der Waals surface area contributed by atoms with Crippen LogP contribution in [-0.2, 0) is 0 Å². The second kappa shape index (κ2) is 10.2. The van der Waals surface area contributed by atoms with E-state index < -0.39 is 6.10 Å². The lowest BCUT2D eigenvalue weighted by Gasteiger charge is -2.57. The van der Waals surface area contributed by atoms with Crippen LogP contribution < -0.4 is 5.32 Å². The molecule has 6 nitrogen and oxygen atoms in total. The third kappa shape index (κ3) is 4.97. The summed E-state index contributed by atoms with van der Waals surface area (Å²) in [6, 6.07) is 17.7. The fourth-order valence-corrected chi connectivity index (χ4v) is 4.83. The average Bonchev–Trinajstić information content (AvgIpc) is 2.78. The summed E-state index contributed by atoms with van der Waals surface area (Å²) in [7, 11) is 0. The number of amides is 2. The van der Waals surface area contributed by atoms with Gasteiger partial charge in [-0.25, -0.2) is 4.79 Å². The molecule has 4 rings (SSSR count). The van der Waals surface area contributed by atoms with Crippen LogP contribution in [0, 0.1) is 11.8 Å². The van der Waals surface area contributed by atoms with E-state index in [9.17, 15) is 15.0 Å². The van der Waals surface area contributed by atoms with E-state index >= 15 is 0 Å². The van der Waals surface area contributed by atoms with Crippen LogP contribution in [-0.4, -0.2) is 70.5 Å². The molecule has 168 valence electrons. The third-order valence-electron chi connectivity index (χ3n) is 6.40. The van der Waals surface area contributed by atoms with Crippen molar-refractivity contribution in [3.8, 4) is 11.8 Å². The molecule has 2 aliphatic rings. The predicted molar refractivity (Wildman–Crippen MR) is 125 cm³/mol. The van der Waals surface area contributed by atoms with Crippen LogP contribution in [0.5, 0.6) is 0 Å². The van der Waals surface area contributed by atoms with Crippen LogP contribution in [0.2, 0.25) is 0 Å². The number of carbonyl (C=O) groups is 1. The molecule has 3 N–H and O–H groups in total. The van der Waals surface area contributed by atoms with Crippen LogP contribution in [0.4, 0.5) is 10.5 Å². The fraction of sp³-hybridized carbons (Fsp3) is 0.423. The van der Waals surface area contributed by atoms with Crippen LogP contribution in [0.3, 0.4) is 0 Å². The summed E-state index contributed by atoms with van der Waals surface area (Å²) in [4.78, 5) is 17.3. The number of nitrogens with one attached hydrogen (secondary N) is 1. The zero-order valence-corrected chi connectivity index (χ0v) is 18.4. The van der Waals surface area contributed by atoms with Crippen molar-refractivity contribution < 1.29 is 15.0 Å². The van der Waals surface area contributed by atoms with E-state index in [1.54, 1.807) is 6.92 Å². The van der Waals surface area contributed by atoms with E-state index in [0.29, 0.717) is 6.54 Å². The van der Waals surface area contributed by atoms with Crippen LogP contribution in [0.15, 0.2) is 54.6 Å². The first-order valence-electron chi connectivity index (χ1n) is 11.3. The molecule has 0 saturated carbocycles. The van der Waals surface area contributed by atoms with Crippen LogP contribution in [0.25, 0.3) is 0 Å².